The molecule has 0 amide bonds. The van der Waals surface area contributed by atoms with Crippen LogP contribution in [0, 0.1) is 5.92 Å². The quantitative estimate of drug-likeness (QED) is 0.773. The molecule has 2 rings (SSSR count). The molecule has 3 unspecified atom stereocenters. The number of rotatable bonds is 6. The third kappa shape index (κ3) is 4.72. The van der Waals surface area contributed by atoms with Crippen LogP contribution >= 0.6 is 15.9 Å². The Morgan fingerprint density at radius 3 is 2.76 bits per heavy atom. The smallest absolute Gasteiger partial charge is 0.123 e. The second-order valence-corrected chi connectivity index (χ2v) is 7.15. The number of benzene rings is 1. The van der Waals surface area contributed by atoms with Gasteiger partial charge in [-0.1, -0.05) is 36.2 Å². The Morgan fingerprint density at radius 2 is 2.05 bits per heavy atom. The molecule has 2 nitrogen and oxygen atoms in total. The van der Waals surface area contributed by atoms with Crippen LogP contribution in [0.4, 0.5) is 0 Å². The predicted octanol–water partition coefficient (Wildman–Crippen LogP) is 5.08. The van der Waals surface area contributed by atoms with Crippen LogP contribution in [-0.4, -0.2) is 12.1 Å². The first kappa shape index (κ1) is 16.8. The van der Waals surface area contributed by atoms with Gasteiger partial charge in [0, 0.05) is 10.5 Å². The van der Waals surface area contributed by atoms with Crippen LogP contribution in [0.25, 0.3) is 0 Å². The summed E-state index contributed by atoms with van der Waals surface area (Å²) in [5, 5.41) is 0. The Hall–Kier alpha value is -0.540. The average Bonchev–Trinajstić information content (AvgIpc) is 2.50. The van der Waals surface area contributed by atoms with Gasteiger partial charge in [-0.25, -0.2) is 0 Å². The third-order valence-electron chi connectivity index (χ3n) is 4.67. The molecule has 0 heterocycles. The third-order valence-corrected chi connectivity index (χ3v) is 5.16. The highest BCUT2D eigenvalue weighted by atomic mass is 79.9. The highest BCUT2D eigenvalue weighted by molar-refractivity contribution is 9.10. The van der Waals surface area contributed by atoms with Gasteiger partial charge in [0.15, 0.2) is 0 Å². The zero-order chi connectivity index (χ0) is 15.2. The summed E-state index contributed by atoms with van der Waals surface area (Å²) in [5.41, 5.74) is 7.38. The summed E-state index contributed by atoms with van der Waals surface area (Å²) < 4.78 is 7.51. The maximum atomic E-state index is 6.41. The zero-order valence-corrected chi connectivity index (χ0v) is 14.9. The first-order valence-electron chi connectivity index (χ1n) is 8.34. The van der Waals surface area contributed by atoms with Gasteiger partial charge in [-0.15, -0.1) is 0 Å². The Labute approximate surface area is 137 Å². The molecule has 0 radical (unpaired) electrons. The van der Waals surface area contributed by atoms with E-state index in [1.165, 1.54) is 37.7 Å². The number of halogens is 1. The monoisotopic (exact) mass is 353 g/mol. The van der Waals surface area contributed by atoms with Crippen molar-refractivity contribution in [3.8, 4) is 5.75 Å². The zero-order valence-electron chi connectivity index (χ0n) is 13.3. The minimum Gasteiger partial charge on any atom is -0.490 e. The lowest BCUT2D eigenvalue weighted by Gasteiger charge is -2.32. The number of hydrogen-bond donors (Lipinski definition) is 1. The van der Waals surface area contributed by atoms with Gasteiger partial charge < -0.3 is 10.5 Å². The molecule has 1 aromatic carbocycles. The van der Waals surface area contributed by atoms with Crippen LogP contribution in [0.1, 0.15) is 57.9 Å². The topological polar surface area (TPSA) is 35.2 Å². The van der Waals surface area contributed by atoms with Crippen LogP contribution in [0.2, 0.25) is 0 Å². The van der Waals surface area contributed by atoms with Crippen molar-refractivity contribution in [2.75, 3.05) is 0 Å². The molecule has 3 atom stereocenters. The van der Waals surface area contributed by atoms with Crippen LogP contribution in [0.3, 0.4) is 0 Å². The lowest BCUT2D eigenvalue weighted by atomic mass is 9.84. The number of nitrogens with two attached hydrogens (primary N) is 1. The van der Waals surface area contributed by atoms with Crippen LogP contribution in [0.15, 0.2) is 22.7 Å². The molecule has 3 heteroatoms. The maximum absolute atomic E-state index is 6.41. The molecule has 0 bridgehead atoms. The van der Waals surface area contributed by atoms with E-state index in [9.17, 15) is 0 Å². The summed E-state index contributed by atoms with van der Waals surface area (Å²) in [5.74, 6) is 1.74. The van der Waals surface area contributed by atoms with E-state index in [-0.39, 0.29) is 6.04 Å². The molecule has 0 aromatic heterocycles. The van der Waals surface area contributed by atoms with E-state index >= 15 is 0 Å². The fourth-order valence-corrected chi connectivity index (χ4v) is 3.62. The summed E-state index contributed by atoms with van der Waals surface area (Å²) >= 11 is 3.56. The van der Waals surface area contributed by atoms with Gasteiger partial charge in [0.05, 0.1) is 0 Å². The predicted molar refractivity (Wildman–Crippen MR) is 92.8 cm³/mol. The first-order chi connectivity index (χ1) is 10.1. The SMILES string of the molecule is CCC(N)Cc1cc(Br)ccc1OC1CCCCC1CC. The minimum atomic E-state index is 0.204. The van der Waals surface area contributed by atoms with E-state index < -0.39 is 0 Å². The van der Waals surface area contributed by atoms with Crippen LogP contribution < -0.4 is 10.5 Å². The molecule has 0 spiro atoms. The van der Waals surface area contributed by atoms with Crippen molar-refractivity contribution in [3.63, 3.8) is 0 Å². The van der Waals surface area contributed by atoms with Crippen molar-refractivity contribution >= 4 is 15.9 Å². The van der Waals surface area contributed by atoms with E-state index in [2.05, 4.69) is 48.0 Å². The summed E-state index contributed by atoms with van der Waals surface area (Å²) in [6, 6.07) is 6.53. The summed E-state index contributed by atoms with van der Waals surface area (Å²) in [7, 11) is 0. The number of hydrogen-bond acceptors (Lipinski definition) is 2. The largest absolute Gasteiger partial charge is 0.490 e. The summed E-state index contributed by atoms with van der Waals surface area (Å²) in [6.07, 6.45) is 8.61. The molecule has 0 saturated heterocycles. The van der Waals surface area contributed by atoms with E-state index in [1.54, 1.807) is 0 Å². The fourth-order valence-electron chi connectivity index (χ4n) is 3.21. The Morgan fingerprint density at radius 1 is 1.29 bits per heavy atom. The molecular weight excluding hydrogens is 326 g/mol. The van der Waals surface area contributed by atoms with E-state index in [4.69, 9.17) is 10.5 Å². The lowest BCUT2D eigenvalue weighted by Crippen LogP contribution is -2.30. The molecule has 1 aromatic rings. The molecule has 1 saturated carbocycles. The van der Waals surface area contributed by atoms with Crippen molar-refractivity contribution in [3.05, 3.63) is 28.2 Å². The van der Waals surface area contributed by atoms with E-state index in [1.807, 2.05) is 0 Å². The Kier molecular flexibility index (Phi) is 6.56. The van der Waals surface area contributed by atoms with Crippen molar-refractivity contribution in [1.29, 1.82) is 0 Å². The molecule has 2 N–H and O–H groups in total. The lowest BCUT2D eigenvalue weighted by molar-refractivity contribution is 0.0893. The standard InChI is InChI=1S/C18H28BrNO/c1-3-13-7-5-6-8-17(13)21-18-10-9-15(19)11-14(18)12-16(20)4-2/h9-11,13,16-17H,3-8,12,20H2,1-2H3. The molecule has 21 heavy (non-hydrogen) atoms. The van der Waals surface area contributed by atoms with Crippen LogP contribution in [0.5, 0.6) is 5.75 Å². The van der Waals surface area contributed by atoms with E-state index in [0.29, 0.717) is 12.0 Å². The molecule has 1 fully saturated rings. The van der Waals surface area contributed by atoms with Crippen molar-refractivity contribution < 1.29 is 4.74 Å². The fraction of sp³-hybridized carbons (Fsp3) is 0.667. The Bertz CT molecular complexity index is 449. The van der Waals surface area contributed by atoms with Crippen LogP contribution in [-0.2, 0) is 6.42 Å². The molecule has 118 valence electrons. The first-order valence-corrected chi connectivity index (χ1v) is 9.14. The highest BCUT2D eigenvalue weighted by Crippen LogP contribution is 2.33. The summed E-state index contributed by atoms with van der Waals surface area (Å²) in [4.78, 5) is 0. The van der Waals surface area contributed by atoms with Crippen molar-refractivity contribution in [2.45, 2.75) is 70.9 Å². The van der Waals surface area contributed by atoms with Gasteiger partial charge in [0.25, 0.3) is 0 Å². The van der Waals surface area contributed by atoms with Gasteiger partial charge in [0.2, 0.25) is 0 Å². The summed E-state index contributed by atoms with van der Waals surface area (Å²) in [6.45, 7) is 4.42. The van der Waals surface area contributed by atoms with Gasteiger partial charge >= 0.3 is 0 Å². The van der Waals surface area contributed by atoms with Crippen molar-refractivity contribution in [1.82, 2.24) is 0 Å². The molecule has 1 aliphatic rings. The average molecular weight is 354 g/mol. The van der Waals surface area contributed by atoms with Gasteiger partial charge in [-0.2, -0.15) is 0 Å². The highest BCUT2D eigenvalue weighted by Gasteiger charge is 2.26. The maximum Gasteiger partial charge on any atom is 0.123 e. The molecule has 1 aliphatic carbocycles. The minimum absolute atomic E-state index is 0.204. The van der Waals surface area contributed by atoms with Gasteiger partial charge in [-0.05, 0) is 68.2 Å². The molecular formula is C18H28BrNO. The van der Waals surface area contributed by atoms with Gasteiger partial charge in [-0.3, -0.25) is 0 Å². The van der Waals surface area contributed by atoms with E-state index in [0.717, 1.165) is 23.1 Å². The normalized spacial score (nSPS) is 23.8. The Balaban J connectivity index is 2.14. The van der Waals surface area contributed by atoms with Crippen molar-refractivity contribution in [2.24, 2.45) is 11.7 Å². The number of ether oxygens (including phenoxy) is 1. The second kappa shape index (κ2) is 8.19. The molecule has 0 aliphatic heterocycles. The van der Waals surface area contributed by atoms with Gasteiger partial charge in [0.1, 0.15) is 11.9 Å². The second-order valence-electron chi connectivity index (χ2n) is 6.23.